The summed E-state index contributed by atoms with van der Waals surface area (Å²) in [5, 5.41) is 9.36. The van der Waals surface area contributed by atoms with Crippen LogP contribution in [0.1, 0.15) is 31.9 Å². The summed E-state index contributed by atoms with van der Waals surface area (Å²) in [4.78, 5) is 16.5. The quantitative estimate of drug-likeness (QED) is 0.866. The molecule has 0 aliphatic carbocycles. The van der Waals surface area contributed by atoms with E-state index in [0.29, 0.717) is 26.1 Å². The molecule has 1 saturated heterocycles. The van der Waals surface area contributed by atoms with Gasteiger partial charge >= 0.3 is 0 Å². The van der Waals surface area contributed by atoms with E-state index < -0.39 is 0 Å². The number of aliphatic hydroxyl groups excluding tert-OH is 1. The van der Waals surface area contributed by atoms with Crippen LogP contribution in [0.15, 0.2) is 30.3 Å². The molecule has 1 aliphatic heterocycles. The molecule has 0 bridgehead atoms. The molecule has 1 N–H and O–H groups in total. The zero-order valence-corrected chi connectivity index (χ0v) is 14.3. The molecule has 1 heterocycles. The first-order valence-corrected chi connectivity index (χ1v) is 8.30. The number of carbonyl (C=O) groups is 1. The van der Waals surface area contributed by atoms with Gasteiger partial charge in [0.05, 0.1) is 18.8 Å². The highest BCUT2D eigenvalue weighted by Gasteiger charge is 2.27. The minimum absolute atomic E-state index is 0.0426. The number of hydrogen-bond donors (Lipinski definition) is 1. The van der Waals surface area contributed by atoms with Gasteiger partial charge in [-0.25, -0.2) is 0 Å². The molecule has 5 nitrogen and oxygen atoms in total. The summed E-state index contributed by atoms with van der Waals surface area (Å²) >= 11 is 0. The van der Waals surface area contributed by atoms with E-state index in [1.165, 1.54) is 0 Å². The highest BCUT2D eigenvalue weighted by atomic mass is 16.5. The fraction of sp³-hybridized carbons (Fsp3) is 0.611. The van der Waals surface area contributed by atoms with Gasteiger partial charge in [-0.05, 0) is 32.9 Å². The summed E-state index contributed by atoms with van der Waals surface area (Å²) < 4.78 is 5.69. The number of rotatable bonds is 6. The number of aliphatic hydroxyl groups is 1. The van der Waals surface area contributed by atoms with Gasteiger partial charge in [0.25, 0.3) is 0 Å². The minimum Gasteiger partial charge on any atom is -0.396 e. The maximum Gasteiger partial charge on any atom is 0.236 e. The van der Waals surface area contributed by atoms with Crippen molar-refractivity contribution in [3.8, 4) is 0 Å². The molecule has 1 aromatic rings. The van der Waals surface area contributed by atoms with Crippen LogP contribution in [0.2, 0.25) is 0 Å². The summed E-state index contributed by atoms with van der Waals surface area (Å²) in [6, 6.07) is 10.1. The van der Waals surface area contributed by atoms with Gasteiger partial charge in [-0.1, -0.05) is 30.3 Å². The molecule has 0 aromatic heterocycles. The Labute approximate surface area is 138 Å². The van der Waals surface area contributed by atoms with Crippen LogP contribution in [0, 0.1) is 0 Å². The number of hydrogen-bond acceptors (Lipinski definition) is 4. The van der Waals surface area contributed by atoms with E-state index in [1.807, 2.05) is 61.0 Å². The summed E-state index contributed by atoms with van der Waals surface area (Å²) in [6.07, 6.45) is 0.773. The molecule has 23 heavy (non-hydrogen) atoms. The zero-order chi connectivity index (χ0) is 16.8. The van der Waals surface area contributed by atoms with Gasteiger partial charge in [-0.15, -0.1) is 0 Å². The standard InChI is InChI=1S/C18H28N2O3/c1-14-11-20(12-15(2)23-14)18(22)13-19(3)17(9-10-21)16-7-5-4-6-8-16/h4-8,14-15,17,21H,9-13H2,1-3H3. The van der Waals surface area contributed by atoms with Gasteiger partial charge in [-0.3, -0.25) is 9.69 Å². The second kappa shape index (κ2) is 8.43. The summed E-state index contributed by atoms with van der Waals surface area (Å²) in [5.41, 5.74) is 1.13. The van der Waals surface area contributed by atoms with E-state index in [4.69, 9.17) is 4.74 Å². The number of amides is 1. The van der Waals surface area contributed by atoms with E-state index in [2.05, 4.69) is 0 Å². The Bertz CT molecular complexity index is 484. The van der Waals surface area contributed by atoms with Gasteiger partial charge in [0.2, 0.25) is 5.91 Å². The maximum absolute atomic E-state index is 12.6. The van der Waals surface area contributed by atoms with Crippen LogP contribution in [-0.4, -0.2) is 66.3 Å². The van der Waals surface area contributed by atoms with E-state index in [-0.39, 0.29) is 30.8 Å². The van der Waals surface area contributed by atoms with Gasteiger partial charge in [-0.2, -0.15) is 0 Å². The van der Waals surface area contributed by atoms with Crippen LogP contribution in [0.5, 0.6) is 0 Å². The molecule has 1 aromatic carbocycles. The smallest absolute Gasteiger partial charge is 0.236 e. The Hall–Kier alpha value is -1.43. The molecule has 0 spiro atoms. The number of carbonyl (C=O) groups excluding carboxylic acids is 1. The van der Waals surface area contributed by atoms with E-state index in [0.717, 1.165) is 5.56 Å². The van der Waals surface area contributed by atoms with Crippen LogP contribution in [0.25, 0.3) is 0 Å². The average Bonchev–Trinajstić information content (AvgIpc) is 2.52. The molecule has 1 aliphatic rings. The molecule has 3 unspecified atom stereocenters. The summed E-state index contributed by atoms with van der Waals surface area (Å²) in [7, 11) is 1.94. The van der Waals surface area contributed by atoms with Crippen molar-refractivity contribution in [2.45, 2.75) is 38.5 Å². The fourth-order valence-corrected chi connectivity index (χ4v) is 3.24. The van der Waals surface area contributed by atoms with Crippen LogP contribution < -0.4 is 0 Å². The third-order valence-corrected chi connectivity index (χ3v) is 4.28. The normalized spacial score (nSPS) is 23.1. The van der Waals surface area contributed by atoms with Crippen LogP contribution in [0.4, 0.5) is 0 Å². The molecule has 1 fully saturated rings. The van der Waals surface area contributed by atoms with Crippen molar-refractivity contribution in [1.29, 1.82) is 0 Å². The summed E-state index contributed by atoms with van der Waals surface area (Å²) in [5.74, 6) is 0.119. The Kier molecular flexibility index (Phi) is 6.57. The molecule has 0 saturated carbocycles. The fourth-order valence-electron chi connectivity index (χ4n) is 3.24. The third kappa shape index (κ3) is 5.03. The summed E-state index contributed by atoms with van der Waals surface area (Å²) in [6.45, 7) is 5.74. The van der Waals surface area contributed by atoms with E-state index in [9.17, 15) is 9.90 Å². The second-order valence-electron chi connectivity index (χ2n) is 6.41. The maximum atomic E-state index is 12.6. The largest absolute Gasteiger partial charge is 0.396 e. The lowest BCUT2D eigenvalue weighted by atomic mass is 10.0. The Morgan fingerprint density at radius 1 is 1.30 bits per heavy atom. The number of ether oxygens (including phenoxy) is 1. The lowest BCUT2D eigenvalue weighted by Crippen LogP contribution is -2.51. The topological polar surface area (TPSA) is 53.0 Å². The SMILES string of the molecule is CC1CN(C(=O)CN(C)C(CCO)c2ccccc2)CC(C)O1. The number of benzene rings is 1. The van der Waals surface area contributed by atoms with Crippen LogP contribution in [0.3, 0.4) is 0 Å². The van der Waals surface area contributed by atoms with E-state index in [1.54, 1.807) is 0 Å². The molecule has 0 radical (unpaired) electrons. The van der Waals surface area contributed by atoms with Crippen molar-refractivity contribution in [1.82, 2.24) is 9.80 Å². The Morgan fingerprint density at radius 3 is 2.48 bits per heavy atom. The lowest BCUT2D eigenvalue weighted by Gasteiger charge is -2.37. The van der Waals surface area contributed by atoms with Gasteiger partial charge in [0, 0.05) is 25.7 Å². The number of nitrogens with zero attached hydrogens (tertiary/aromatic N) is 2. The van der Waals surface area contributed by atoms with Crippen molar-refractivity contribution in [3.05, 3.63) is 35.9 Å². The monoisotopic (exact) mass is 320 g/mol. The van der Waals surface area contributed by atoms with Gasteiger partial charge in [0.1, 0.15) is 0 Å². The average molecular weight is 320 g/mol. The first-order valence-electron chi connectivity index (χ1n) is 8.30. The molecular formula is C18H28N2O3. The molecular weight excluding hydrogens is 292 g/mol. The van der Waals surface area contributed by atoms with Crippen LogP contribution in [-0.2, 0) is 9.53 Å². The van der Waals surface area contributed by atoms with Crippen molar-refractivity contribution in [2.75, 3.05) is 33.3 Å². The highest BCUT2D eigenvalue weighted by Crippen LogP contribution is 2.23. The molecule has 5 heteroatoms. The van der Waals surface area contributed by atoms with Crippen molar-refractivity contribution in [3.63, 3.8) is 0 Å². The second-order valence-corrected chi connectivity index (χ2v) is 6.41. The lowest BCUT2D eigenvalue weighted by molar-refractivity contribution is -0.144. The Morgan fingerprint density at radius 2 is 1.91 bits per heavy atom. The predicted octanol–water partition coefficient (Wildman–Crippen LogP) is 1.68. The molecule has 128 valence electrons. The first-order chi connectivity index (χ1) is 11.0. The third-order valence-electron chi connectivity index (χ3n) is 4.28. The van der Waals surface area contributed by atoms with Gasteiger partial charge in [0.15, 0.2) is 0 Å². The Balaban J connectivity index is 2.00. The molecule has 3 atom stereocenters. The number of likely N-dealkylation sites (N-methyl/N-ethyl adjacent to an activating group) is 1. The van der Waals surface area contributed by atoms with E-state index >= 15 is 0 Å². The zero-order valence-electron chi connectivity index (χ0n) is 14.3. The van der Waals surface area contributed by atoms with Crippen molar-refractivity contribution in [2.24, 2.45) is 0 Å². The molecule has 1 amide bonds. The minimum atomic E-state index is 0.0426. The van der Waals surface area contributed by atoms with Gasteiger partial charge < -0.3 is 14.7 Å². The predicted molar refractivity (Wildman–Crippen MR) is 90.1 cm³/mol. The first kappa shape index (κ1) is 17.9. The highest BCUT2D eigenvalue weighted by molar-refractivity contribution is 5.78. The van der Waals surface area contributed by atoms with Crippen molar-refractivity contribution < 1.29 is 14.6 Å². The number of morpholine rings is 1. The molecule has 2 rings (SSSR count). The van der Waals surface area contributed by atoms with Crippen molar-refractivity contribution >= 4 is 5.91 Å². The van der Waals surface area contributed by atoms with Crippen LogP contribution >= 0.6 is 0 Å².